The molecular formula is C34H21ClF2N2O4S2. The highest BCUT2D eigenvalue weighted by molar-refractivity contribution is 7.90. The number of hydrogen-bond acceptors (Lipinski definition) is 6. The second-order valence-electron chi connectivity index (χ2n) is 10.1. The minimum absolute atomic E-state index is 0.142. The molecule has 0 saturated heterocycles. The number of benzene rings is 4. The zero-order valence-corrected chi connectivity index (χ0v) is 26.0. The van der Waals surface area contributed by atoms with Gasteiger partial charge in [0.1, 0.15) is 22.6 Å². The predicted molar refractivity (Wildman–Crippen MR) is 171 cm³/mol. The van der Waals surface area contributed by atoms with Gasteiger partial charge in [0.05, 0.1) is 28.8 Å². The van der Waals surface area contributed by atoms with Crippen molar-refractivity contribution in [3.05, 3.63) is 123 Å². The molecule has 6 nitrogen and oxygen atoms in total. The summed E-state index contributed by atoms with van der Waals surface area (Å²) in [6, 6.07) is 22.8. The van der Waals surface area contributed by atoms with Crippen LogP contribution < -0.4 is 0 Å². The molecule has 11 heteroatoms. The number of hydrogen-bond donors (Lipinski definition) is 0. The summed E-state index contributed by atoms with van der Waals surface area (Å²) in [5, 5.41) is 12.1. The van der Waals surface area contributed by atoms with Crippen LogP contribution in [0.15, 0.2) is 95.2 Å². The van der Waals surface area contributed by atoms with Gasteiger partial charge in [-0.25, -0.2) is 26.0 Å². The Hall–Kier alpha value is -4.82. The number of rotatable bonds is 6. The number of methoxy groups -OCH3 is 1. The number of aryl methyl sites for hydroxylation is 1. The van der Waals surface area contributed by atoms with Crippen LogP contribution in [0.5, 0.6) is 0 Å². The van der Waals surface area contributed by atoms with Crippen LogP contribution in [-0.2, 0) is 14.8 Å². The van der Waals surface area contributed by atoms with Gasteiger partial charge in [-0.2, -0.15) is 5.26 Å². The minimum Gasteiger partial charge on any atom is -0.465 e. The van der Waals surface area contributed by atoms with E-state index in [2.05, 4.69) is 6.07 Å². The van der Waals surface area contributed by atoms with Crippen molar-refractivity contribution in [3.8, 4) is 39.6 Å². The van der Waals surface area contributed by atoms with Gasteiger partial charge in [-0.3, -0.25) is 0 Å². The van der Waals surface area contributed by atoms with Crippen molar-refractivity contribution in [1.82, 2.24) is 3.97 Å². The summed E-state index contributed by atoms with van der Waals surface area (Å²) >= 11 is 7.75. The summed E-state index contributed by atoms with van der Waals surface area (Å²) in [5.74, 6) is -1.86. The number of carbonyl (C=O) groups excluding carboxylic acids is 1. The third kappa shape index (κ3) is 5.19. The number of aromatic nitrogens is 1. The van der Waals surface area contributed by atoms with E-state index in [1.165, 1.54) is 55.7 Å². The van der Waals surface area contributed by atoms with Gasteiger partial charge < -0.3 is 4.74 Å². The summed E-state index contributed by atoms with van der Waals surface area (Å²) in [7, 11) is -3.23. The largest absolute Gasteiger partial charge is 0.465 e. The second kappa shape index (κ2) is 11.6. The lowest BCUT2D eigenvalue weighted by molar-refractivity contribution is 0.0600. The molecule has 0 amide bonds. The van der Waals surface area contributed by atoms with Crippen LogP contribution in [0.25, 0.3) is 44.4 Å². The normalized spacial score (nSPS) is 11.5. The first-order valence-corrected chi connectivity index (χ1v) is 16.1. The van der Waals surface area contributed by atoms with E-state index in [-0.39, 0.29) is 37.6 Å². The lowest BCUT2D eigenvalue weighted by Crippen LogP contribution is -2.15. The van der Waals surface area contributed by atoms with Crippen LogP contribution in [0.1, 0.15) is 20.8 Å². The van der Waals surface area contributed by atoms with Gasteiger partial charge in [-0.1, -0.05) is 41.9 Å². The summed E-state index contributed by atoms with van der Waals surface area (Å²) in [4.78, 5) is 12.0. The van der Waals surface area contributed by atoms with E-state index in [9.17, 15) is 27.3 Å². The van der Waals surface area contributed by atoms with E-state index in [1.807, 2.05) is 0 Å². The maximum Gasteiger partial charge on any atom is 0.337 e. The molecule has 2 aromatic heterocycles. The fourth-order valence-corrected chi connectivity index (χ4v) is 7.82. The van der Waals surface area contributed by atoms with Crippen molar-refractivity contribution in [2.24, 2.45) is 0 Å². The zero-order chi connectivity index (χ0) is 32.0. The van der Waals surface area contributed by atoms with Crippen molar-refractivity contribution < 1.29 is 26.7 Å². The SMILES string of the molecule is COC(=O)c1ccc(-c2cccc(-c3c(-c4ccsc4C#N)c4cc(F)ccc4n3S(=O)(=O)c3ccc(C)c(F)c3)c2)c(Cl)c1. The highest BCUT2D eigenvalue weighted by atomic mass is 35.5. The Balaban J connectivity index is 1.71. The van der Waals surface area contributed by atoms with Crippen molar-refractivity contribution in [1.29, 1.82) is 5.26 Å². The van der Waals surface area contributed by atoms with Crippen LogP contribution in [0, 0.1) is 29.9 Å². The van der Waals surface area contributed by atoms with Crippen LogP contribution in [0.3, 0.4) is 0 Å². The third-order valence-corrected chi connectivity index (χ3v) is 10.3. The van der Waals surface area contributed by atoms with Crippen LogP contribution >= 0.6 is 22.9 Å². The Labute approximate surface area is 266 Å². The molecule has 45 heavy (non-hydrogen) atoms. The molecule has 0 aliphatic heterocycles. The van der Waals surface area contributed by atoms with Gasteiger partial charge in [0.15, 0.2) is 0 Å². The summed E-state index contributed by atoms with van der Waals surface area (Å²) in [6.07, 6.45) is 0. The Morgan fingerprint density at radius 2 is 1.73 bits per heavy atom. The third-order valence-electron chi connectivity index (χ3n) is 7.44. The molecule has 2 heterocycles. The molecule has 0 unspecified atom stereocenters. The second-order valence-corrected chi connectivity index (χ2v) is 13.2. The van der Waals surface area contributed by atoms with Crippen molar-refractivity contribution in [2.75, 3.05) is 7.11 Å². The fourth-order valence-electron chi connectivity index (χ4n) is 5.28. The summed E-state index contributed by atoms with van der Waals surface area (Å²) < 4.78 is 64.3. The van der Waals surface area contributed by atoms with Crippen molar-refractivity contribution in [2.45, 2.75) is 11.8 Å². The lowest BCUT2D eigenvalue weighted by atomic mass is 9.96. The average molecular weight is 659 g/mol. The molecule has 0 atom stereocenters. The number of nitriles is 1. The Kier molecular flexibility index (Phi) is 7.79. The molecule has 0 spiro atoms. The number of carbonyl (C=O) groups is 1. The maximum absolute atomic E-state index is 14.8. The summed E-state index contributed by atoms with van der Waals surface area (Å²) in [5.41, 5.74) is 3.10. The quantitative estimate of drug-likeness (QED) is 0.167. The zero-order valence-electron chi connectivity index (χ0n) is 23.6. The molecule has 0 N–H and O–H groups in total. The van der Waals surface area contributed by atoms with Gasteiger partial charge in [-0.15, -0.1) is 11.3 Å². The average Bonchev–Trinajstić information content (AvgIpc) is 3.64. The molecule has 0 radical (unpaired) electrons. The van der Waals surface area contributed by atoms with E-state index < -0.39 is 27.6 Å². The summed E-state index contributed by atoms with van der Waals surface area (Å²) in [6.45, 7) is 1.53. The molecular weight excluding hydrogens is 638 g/mol. The topological polar surface area (TPSA) is 89.2 Å². The van der Waals surface area contributed by atoms with E-state index in [0.717, 1.165) is 16.1 Å². The van der Waals surface area contributed by atoms with Gasteiger partial charge in [0.2, 0.25) is 0 Å². The highest BCUT2D eigenvalue weighted by Crippen LogP contribution is 2.46. The van der Waals surface area contributed by atoms with E-state index in [0.29, 0.717) is 32.7 Å². The molecule has 4 aromatic carbocycles. The number of halogens is 3. The van der Waals surface area contributed by atoms with Gasteiger partial charge in [-0.05, 0) is 78.0 Å². The van der Waals surface area contributed by atoms with Crippen LogP contribution in [0.2, 0.25) is 5.02 Å². The number of fused-ring (bicyclic) bond motifs is 1. The maximum atomic E-state index is 14.8. The molecule has 0 fully saturated rings. The predicted octanol–water partition coefficient (Wildman–Crippen LogP) is 8.84. The van der Waals surface area contributed by atoms with Gasteiger partial charge >= 0.3 is 5.97 Å². The first kappa shape index (κ1) is 30.2. The smallest absolute Gasteiger partial charge is 0.337 e. The van der Waals surface area contributed by atoms with Crippen molar-refractivity contribution >= 4 is 49.8 Å². The molecule has 6 aromatic rings. The molecule has 0 saturated carbocycles. The number of esters is 1. The Bertz CT molecular complexity index is 2320. The molecule has 0 aliphatic carbocycles. The van der Waals surface area contributed by atoms with Gasteiger partial charge in [0.25, 0.3) is 10.0 Å². The molecule has 6 rings (SSSR count). The van der Waals surface area contributed by atoms with Crippen LogP contribution in [-0.4, -0.2) is 25.5 Å². The number of nitrogens with zero attached hydrogens (tertiary/aromatic N) is 2. The monoisotopic (exact) mass is 658 g/mol. The highest BCUT2D eigenvalue weighted by Gasteiger charge is 2.31. The minimum atomic E-state index is -4.49. The fraction of sp³-hybridized carbons (Fsp3) is 0.0588. The first-order chi connectivity index (χ1) is 21.5. The molecule has 224 valence electrons. The Morgan fingerprint density at radius 1 is 0.956 bits per heavy atom. The molecule has 0 bridgehead atoms. The van der Waals surface area contributed by atoms with E-state index >= 15 is 0 Å². The first-order valence-electron chi connectivity index (χ1n) is 13.4. The lowest BCUT2D eigenvalue weighted by Gasteiger charge is -2.15. The Morgan fingerprint density at radius 3 is 2.44 bits per heavy atom. The number of ether oxygens (including phenoxy) is 1. The number of thiophene rings is 1. The molecule has 0 aliphatic rings. The van der Waals surface area contributed by atoms with E-state index in [1.54, 1.807) is 47.8 Å². The van der Waals surface area contributed by atoms with Crippen LogP contribution in [0.4, 0.5) is 8.78 Å². The van der Waals surface area contributed by atoms with E-state index in [4.69, 9.17) is 16.3 Å². The van der Waals surface area contributed by atoms with Crippen molar-refractivity contribution in [3.63, 3.8) is 0 Å². The standard InChI is InChI=1S/C34H21ClF2N2O4S2/c1-19-6-9-24(17-29(19)37)45(41,42)39-30-11-8-23(36)16-27(30)32(26-12-13-44-31(26)18-38)33(39)21-5-3-4-20(14-21)25-10-7-22(15-28(25)35)34(40)43-2/h3-17H,1-2H3. The van der Waals surface area contributed by atoms with Gasteiger partial charge in [0, 0.05) is 32.7 Å².